The fourth-order valence-corrected chi connectivity index (χ4v) is 2.87. The molecule has 0 aliphatic heterocycles. The van der Waals surface area contributed by atoms with Gasteiger partial charge in [0.2, 0.25) is 0 Å². The summed E-state index contributed by atoms with van der Waals surface area (Å²) in [6, 6.07) is 0. The summed E-state index contributed by atoms with van der Waals surface area (Å²) < 4.78 is 5.77. The summed E-state index contributed by atoms with van der Waals surface area (Å²) in [5.74, 6) is 11.0. The van der Waals surface area contributed by atoms with Crippen molar-refractivity contribution in [3.63, 3.8) is 0 Å². The fraction of sp³-hybridized carbons (Fsp3) is 0.560. The molecule has 0 heterocycles. The van der Waals surface area contributed by atoms with Crippen LogP contribution in [0.4, 0.5) is 0 Å². The monoisotopic (exact) mass is 462 g/mol. The number of halogens is 1. The van der Waals surface area contributed by atoms with E-state index < -0.39 is 0 Å². The zero-order chi connectivity index (χ0) is 21.6. The minimum atomic E-state index is -0.385. The molecule has 0 aliphatic rings. The lowest BCUT2D eigenvalue weighted by Crippen LogP contribution is -2.02. The van der Waals surface area contributed by atoms with E-state index in [-0.39, 0.29) is 12.1 Å². The van der Waals surface area contributed by atoms with Crippen molar-refractivity contribution in [3.8, 4) is 23.7 Å². The average Bonchev–Trinajstić information content (AvgIpc) is 2.68. The molecule has 0 unspecified atom stereocenters. The molecular formula is C25H35BrO3. The number of carbonyl (C=O) groups excluding carboxylic acids is 1. The predicted octanol–water partition coefficient (Wildman–Crippen LogP) is 6.23. The molecule has 0 saturated heterocycles. The largest absolute Gasteiger partial charge is 0.466 e. The van der Waals surface area contributed by atoms with Gasteiger partial charge in [-0.15, -0.1) is 0 Å². The van der Waals surface area contributed by atoms with Gasteiger partial charge in [0.1, 0.15) is 0 Å². The number of ether oxygens (including phenoxy) is 1. The lowest BCUT2D eigenvalue weighted by atomic mass is 10.1. The summed E-state index contributed by atoms with van der Waals surface area (Å²) in [5.41, 5.74) is 0. The molecule has 0 radical (unpaired) electrons. The van der Waals surface area contributed by atoms with Gasteiger partial charge in [-0.1, -0.05) is 78.6 Å². The molecule has 160 valence electrons. The zero-order valence-corrected chi connectivity index (χ0v) is 19.5. The number of unbranched alkanes of at least 4 members (excludes halogenated alkanes) is 5. The molecule has 1 atom stereocenters. The lowest BCUT2D eigenvalue weighted by molar-refractivity contribution is -0.142. The number of hydrogen-bond acceptors (Lipinski definition) is 3. The number of esters is 1. The molecule has 0 saturated carbocycles. The van der Waals surface area contributed by atoms with Crippen LogP contribution in [0.1, 0.15) is 78.1 Å². The fourth-order valence-electron chi connectivity index (χ4n) is 2.38. The van der Waals surface area contributed by atoms with Gasteiger partial charge in [0.25, 0.3) is 0 Å². The summed E-state index contributed by atoms with van der Waals surface area (Å²) >= 11 is 3.47. The molecule has 0 rings (SSSR count). The first-order chi connectivity index (χ1) is 14.1. The number of allylic oxidation sites excluding steroid dienone is 5. The van der Waals surface area contributed by atoms with Gasteiger partial charge in [-0.3, -0.25) is 4.79 Å². The highest BCUT2D eigenvalue weighted by molar-refractivity contribution is 9.11. The minimum Gasteiger partial charge on any atom is -0.466 e. The molecule has 0 aromatic carbocycles. The first-order valence-corrected chi connectivity index (χ1v) is 11.4. The highest BCUT2D eigenvalue weighted by atomic mass is 79.9. The normalized spacial score (nSPS) is 12.3. The molecule has 0 aromatic heterocycles. The summed E-state index contributed by atoms with van der Waals surface area (Å²) in [6.45, 7) is 4.34. The number of aliphatic hydroxyl groups excluding tert-OH is 1. The van der Waals surface area contributed by atoms with Gasteiger partial charge >= 0.3 is 5.97 Å². The van der Waals surface area contributed by atoms with Crippen molar-refractivity contribution >= 4 is 21.9 Å². The summed E-state index contributed by atoms with van der Waals surface area (Å²) in [5, 5.41) is 10.0. The van der Waals surface area contributed by atoms with Crippen molar-refractivity contribution < 1.29 is 14.6 Å². The Morgan fingerprint density at radius 1 is 1.10 bits per heavy atom. The molecule has 0 fully saturated rings. The van der Waals surface area contributed by atoms with Crippen molar-refractivity contribution in [1.82, 2.24) is 0 Å². The van der Waals surface area contributed by atoms with E-state index in [2.05, 4.69) is 58.7 Å². The molecule has 3 nitrogen and oxygen atoms in total. The summed E-state index contributed by atoms with van der Waals surface area (Å²) in [7, 11) is 0. The van der Waals surface area contributed by atoms with Gasteiger partial charge in [-0.2, -0.15) is 0 Å². The third kappa shape index (κ3) is 20.8. The SMILES string of the molecule is CCC/C=C/C(Br)=C\[C@H](O)CCCCCC/C=C/C#CC#CCCC(=O)OCC. The number of carbonyl (C=O) groups is 1. The van der Waals surface area contributed by atoms with Crippen LogP contribution >= 0.6 is 15.9 Å². The van der Waals surface area contributed by atoms with Crippen LogP contribution in [0.15, 0.2) is 34.9 Å². The molecule has 0 bridgehead atoms. The average molecular weight is 463 g/mol. The van der Waals surface area contributed by atoms with E-state index in [1.165, 1.54) is 0 Å². The minimum absolute atomic E-state index is 0.215. The van der Waals surface area contributed by atoms with Crippen molar-refractivity contribution in [2.75, 3.05) is 6.61 Å². The van der Waals surface area contributed by atoms with Gasteiger partial charge in [0.15, 0.2) is 0 Å². The van der Waals surface area contributed by atoms with E-state index >= 15 is 0 Å². The quantitative estimate of drug-likeness (QED) is 0.144. The van der Waals surface area contributed by atoms with Gasteiger partial charge in [0.05, 0.1) is 19.1 Å². The van der Waals surface area contributed by atoms with E-state index in [0.717, 1.165) is 55.8 Å². The van der Waals surface area contributed by atoms with E-state index in [1.807, 2.05) is 18.2 Å². The van der Waals surface area contributed by atoms with E-state index in [0.29, 0.717) is 19.4 Å². The van der Waals surface area contributed by atoms with Gasteiger partial charge in [-0.25, -0.2) is 0 Å². The van der Waals surface area contributed by atoms with E-state index in [4.69, 9.17) is 4.74 Å². The molecule has 0 aliphatic carbocycles. The maximum atomic E-state index is 11.1. The molecule has 1 N–H and O–H groups in total. The van der Waals surface area contributed by atoms with Gasteiger partial charge in [0, 0.05) is 10.9 Å². The van der Waals surface area contributed by atoms with Crippen molar-refractivity contribution in [2.45, 2.75) is 84.2 Å². The number of aliphatic hydroxyl groups is 1. The Kier molecular flexibility index (Phi) is 19.7. The van der Waals surface area contributed by atoms with Gasteiger partial charge < -0.3 is 9.84 Å². The topological polar surface area (TPSA) is 46.5 Å². The maximum Gasteiger partial charge on any atom is 0.306 e. The Balaban J connectivity index is 3.71. The van der Waals surface area contributed by atoms with Crippen molar-refractivity contribution in [1.29, 1.82) is 0 Å². The van der Waals surface area contributed by atoms with Crippen LogP contribution in [0, 0.1) is 23.7 Å². The van der Waals surface area contributed by atoms with Crippen molar-refractivity contribution in [3.05, 3.63) is 34.9 Å². The molecule has 29 heavy (non-hydrogen) atoms. The summed E-state index contributed by atoms with van der Waals surface area (Å²) in [6.07, 6.45) is 18.7. The van der Waals surface area contributed by atoms with Crippen LogP contribution in [-0.4, -0.2) is 23.8 Å². The first kappa shape index (κ1) is 27.2. The molecule has 0 amide bonds. The zero-order valence-electron chi connectivity index (χ0n) is 17.9. The Morgan fingerprint density at radius 2 is 1.90 bits per heavy atom. The van der Waals surface area contributed by atoms with Gasteiger partial charge in [-0.05, 0) is 56.6 Å². The molecule has 0 spiro atoms. The summed E-state index contributed by atoms with van der Waals surface area (Å²) in [4.78, 5) is 11.1. The predicted molar refractivity (Wildman–Crippen MR) is 125 cm³/mol. The second-order valence-electron chi connectivity index (χ2n) is 6.58. The third-order valence-corrected chi connectivity index (χ3v) is 4.42. The highest BCUT2D eigenvalue weighted by Crippen LogP contribution is 2.13. The van der Waals surface area contributed by atoms with Crippen LogP contribution in [0.3, 0.4) is 0 Å². The Labute approximate surface area is 185 Å². The van der Waals surface area contributed by atoms with Crippen molar-refractivity contribution in [2.24, 2.45) is 0 Å². The third-order valence-electron chi connectivity index (χ3n) is 3.89. The van der Waals surface area contributed by atoms with Crippen LogP contribution in [-0.2, 0) is 9.53 Å². The Morgan fingerprint density at radius 3 is 2.66 bits per heavy atom. The lowest BCUT2D eigenvalue weighted by Gasteiger charge is -2.05. The van der Waals surface area contributed by atoms with Crippen LogP contribution in [0.5, 0.6) is 0 Å². The number of rotatable bonds is 14. The molecular weight excluding hydrogens is 428 g/mol. The Bertz CT molecular complexity index is 638. The smallest absolute Gasteiger partial charge is 0.306 e. The maximum absolute atomic E-state index is 11.1. The van der Waals surface area contributed by atoms with Crippen LogP contribution < -0.4 is 0 Å². The molecule has 4 heteroatoms. The highest BCUT2D eigenvalue weighted by Gasteiger charge is 2.00. The standard InChI is InChI=1S/C25H35BrO3/c1-3-5-16-19-23(26)22-24(27)20-17-14-12-10-8-6-7-9-11-13-15-18-21-25(28)29-4-2/h6-7,16,19,22,24,27H,3-5,8,10,12,14,17-18,20-21H2,1-2H3/b7-6+,19-16+,23-22+/t24-/m1/s1. The second kappa shape index (κ2) is 21.0. The molecule has 0 aromatic rings. The number of hydrogen-bond donors (Lipinski definition) is 1. The van der Waals surface area contributed by atoms with E-state index in [1.54, 1.807) is 6.92 Å². The van der Waals surface area contributed by atoms with E-state index in [9.17, 15) is 9.90 Å². The second-order valence-corrected chi connectivity index (χ2v) is 7.50. The Hall–Kier alpha value is -1.75. The van der Waals surface area contributed by atoms with Crippen LogP contribution in [0.25, 0.3) is 0 Å². The first-order valence-electron chi connectivity index (χ1n) is 10.6. The van der Waals surface area contributed by atoms with Crippen LogP contribution in [0.2, 0.25) is 0 Å².